The molecule has 1 saturated carbocycles. The average Bonchev–Trinajstić information content (AvgIpc) is 2.75. The van der Waals surface area contributed by atoms with Gasteiger partial charge in [-0.1, -0.05) is 12.8 Å². The van der Waals surface area contributed by atoms with Crippen molar-refractivity contribution in [1.82, 2.24) is 0 Å². The van der Waals surface area contributed by atoms with Crippen molar-refractivity contribution in [3.63, 3.8) is 0 Å². The first-order chi connectivity index (χ1) is 7.22. The summed E-state index contributed by atoms with van der Waals surface area (Å²) in [5.74, 6) is -0.193. The molecule has 0 radical (unpaired) electrons. The van der Waals surface area contributed by atoms with Crippen molar-refractivity contribution in [1.29, 1.82) is 0 Å². The van der Waals surface area contributed by atoms with Gasteiger partial charge in [-0.2, -0.15) is 0 Å². The van der Waals surface area contributed by atoms with Gasteiger partial charge < -0.3 is 14.2 Å². The zero-order chi connectivity index (χ0) is 10.5. The third-order valence-electron chi connectivity index (χ3n) is 4.07. The van der Waals surface area contributed by atoms with E-state index in [4.69, 9.17) is 14.2 Å². The molecule has 2 heterocycles. The summed E-state index contributed by atoms with van der Waals surface area (Å²) in [4.78, 5) is 11.3. The summed E-state index contributed by atoms with van der Waals surface area (Å²) in [7, 11) is 1.42. The molecule has 4 nitrogen and oxygen atoms in total. The minimum absolute atomic E-state index is 0.139. The Morgan fingerprint density at radius 2 is 2.40 bits per heavy atom. The lowest BCUT2D eigenvalue weighted by Gasteiger charge is -2.24. The standard InChI is InChI=1S/C11H16O4/c1-13-9(12)6-10-7-14-8-4-2-3-5-11(8,10)15-10/h8H,2-7H2,1H3/t8-,10+,11-/m0/s1. The average molecular weight is 212 g/mol. The van der Waals surface area contributed by atoms with Crippen molar-refractivity contribution in [3.8, 4) is 0 Å². The minimum Gasteiger partial charge on any atom is -0.469 e. The second-order valence-electron chi connectivity index (χ2n) is 4.78. The van der Waals surface area contributed by atoms with Crippen LogP contribution >= 0.6 is 0 Å². The highest BCUT2D eigenvalue weighted by Crippen LogP contribution is 2.63. The third kappa shape index (κ3) is 1.12. The summed E-state index contributed by atoms with van der Waals surface area (Å²) < 4.78 is 16.3. The number of hydrogen-bond donors (Lipinski definition) is 0. The maximum atomic E-state index is 11.3. The first kappa shape index (κ1) is 9.60. The molecule has 0 aromatic heterocycles. The molecule has 1 spiro atoms. The molecular formula is C11H16O4. The maximum Gasteiger partial charge on any atom is 0.308 e. The molecule has 84 valence electrons. The smallest absolute Gasteiger partial charge is 0.308 e. The van der Waals surface area contributed by atoms with Gasteiger partial charge in [-0.05, 0) is 12.8 Å². The Morgan fingerprint density at radius 3 is 3.20 bits per heavy atom. The van der Waals surface area contributed by atoms with Gasteiger partial charge in [-0.25, -0.2) is 0 Å². The molecule has 2 aliphatic heterocycles. The Balaban J connectivity index is 1.77. The first-order valence-corrected chi connectivity index (χ1v) is 5.61. The first-order valence-electron chi connectivity index (χ1n) is 5.61. The van der Waals surface area contributed by atoms with Crippen LogP contribution < -0.4 is 0 Å². The fraction of sp³-hybridized carbons (Fsp3) is 0.909. The van der Waals surface area contributed by atoms with Gasteiger partial charge in [0.2, 0.25) is 0 Å². The van der Waals surface area contributed by atoms with E-state index in [1.807, 2.05) is 0 Å². The van der Waals surface area contributed by atoms with Gasteiger partial charge in [0.25, 0.3) is 0 Å². The summed E-state index contributed by atoms with van der Waals surface area (Å²) in [5.41, 5.74) is -0.482. The fourth-order valence-corrected chi connectivity index (χ4v) is 3.22. The third-order valence-corrected chi connectivity index (χ3v) is 4.07. The van der Waals surface area contributed by atoms with E-state index in [9.17, 15) is 4.79 Å². The Labute approximate surface area is 88.9 Å². The van der Waals surface area contributed by atoms with E-state index < -0.39 is 0 Å². The van der Waals surface area contributed by atoms with E-state index in [-0.39, 0.29) is 23.3 Å². The SMILES string of the molecule is COC(=O)C[C@@]12CO[C@H]3CCCC[C@]31O2. The molecule has 3 atom stereocenters. The molecule has 0 amide bonds. The number of rotatable bonds is 2. The van der Waals surface area contributed by atoms with Gasteiger partial charge in [0.15, 0.2) is 0 Å². The quantitative estimate of drug-likeness (QED) is 0.506. The van der Waals surface area contributed by atoms with Gasteiger partial charge in [0.1, 0.15) is 11.2 Å². The van der Waals surface area contributed by atoms with E-state index in [1.165, 1.54) is 20.0 Å². The lowest BCUT2D eigenvalue weighted by molar-refractivity contribution is -0.142. The Kier molecular flexibility index (Phi) is 1.89. The molecule has 3 aliphatic rings. The zero-order valence-electron chi connectivity index (χ0n) is 8.95. The highest BCUT2D eigenvalue weighted by atomic mass is 16.7. The van der Waals surface area contributed by atoms with Crippen LogP contribution in [-0.2, 0) is 19.0 Å². The van der Waals surface area contributed by atoms with Crippen LogP contribution in [0.4, 0.5) is 0 Å². The van der Waals surface area contributed by atoms with Gasteiger partial charge in [-0.3, -0.25) is 4.79 Å². The lowest BCUT2D eigenvalue weighted by Crippen LogP contribution is -2.35. The summed E-state index contributed by atoms with van der Waals surface area (Å²) in [6.45, 7) is 0.562. The Bertz CT molecular complexity index is 303. The highest BCUT2D eigenvalue weighted by Gasteiger charge is 2.78. The second-order valence-corrected chi connectivity index (χ2v) is 4.78. The molecular weight excluding hydrogens is 196 g/mol. The van der Waals surface area contributed by atoms with Crippen molar-refractivity contribution in [2.24, 2.45) is 0 Å². The van der Waals surface area contributed by atoms with Gasteiger partial charge in [-0.15, -0.1) is 0 Å². The van der Waals surface area contributed by atoms with Crippen LogP contribution in [0.3, 0.4) is 0 Å². The van der Waals surface area contributed by atoms with E-state index in [0.29, 0.717) is 13.0 Å². The predicted octanol–water partition coefficient (Wildman–Crippen LogP) is 1.03. The molecule has 0 unspecified atom stereocenters. The Morgan fingerprint density at radius 1 is 1.53 bits per heavy atom. The predicted molar refractivity (Wildman–Crippen MR) is 51.4 cm³/mol. The molecule has 0 N–H and O–H groups in total. The lowest BCUT2D eigenvalue weighted by atomic mass is 9.79. The highest BCUT2D eigenvalue weighted by molar-refractivity contribution is 5.72. The van der Waals surface area contributed by atoms with E-state index in [0.717, 1.165) is 12.8 Å². The van der Waals surface area contributed by atoms with Gasteiger partial charge >= 0.3 is 5.97 Å². The van der Waals surface area contributed by atoms with Gasteiger partial charge in [0.05, 0.1) is 26.2 Å². The maximum absolute atomic E-state index is 11.3. The molecule has 0 bridgehead atoms. The molecule has 4 heteroatoms. The Hall–Kier alpha value is -0.610. The monoisotopic (exact) mass is 212 g/mol. The number of epoxide rings is 1. The zero-order valence-corrected chi connectivity index (χ0v) is 8.95. The summed E-state index contributed by atoms with van der Waals surface area (Å²) in [6, 6.07) is 0. The van der Waals surface area contributed by atoms with Crippen LogP contribution in [0.1, 0.15) is 32.1 Å². The van der Waals surface area contributed by atoms with Crippen LogP contribution in [0.2, 0.25) is 0 Å². The molecule has 0 aromatic rings. The summed E-state index contributed by atoms with van der Waals surface area (Å²) in [5, 5.41) is 0. The summed E-state index contributed by atoms with van der Waals surface area (Å²) in [6.07, 6.45) is 5.07. The van der Waals surface area contributed by atoms with Crippen molar-refractivity contribution in [2.75, 3.05) is 13.7 Å². The summed E-state index contributed by atoms with van der Waals surface area (Å²) >= 11 is 0. The van der Waals surface area contributed by atoms with E-state index in [1.54, 1.807) is 0 Å². The molecule has 15 heavy (non-hydrogen) atoms. The molecule has 3 fully saturated rings. The number of ether oxygens (including phenoxy) is 3. The number of esters is 1. The second kappa shape index (κ2) is 2.95. The number of carbonyl (C=O) groups is 1. The minimum atomic E-state index is -0.342. The molecule has 3 rings (SSSR count). The van der Waals surface area contributed by atoms with Crippen LogP contribution in [0, 0.1) is 0 Å². The number of hydrogen-bond acceptors (Lipinski definition) is 4. The normalized spacial score (nSPS) is 46.9. The van der Waals surface area contributed by atoms with Crippen LogP contribution in [0.25, 0.3) is 0 Å². The van der Waals surface area contributed by atoms with Crippen LogP contribution in [-0.4, -0.2) is 37.0 Å². The van der Waals surface area contributed by atoms with Crippen molar-refractivity contribution >= 4 is 5.97 Å². The molecule has 0 aromatic carbocycles. The van der Waals surface area contributed by atoms with Crippen molar-refractivity contribution in [3.05, 3.63) is 0 Å². The van der Waals surface area contributed by atoms with Gasteiger partial charge in [0, 0.05) is 0 Å². The van der Waals surface area contributed by atoms with Crippen molar-refractivity contribution < 1.29 is 19.0 Å². The van der Waals surface area contributed by atoms with Crippen molar-refractivity contribution in [2.45, 2.75) is 49.4 Å². The largest absolute Gasteiger partial charge is 0.469 e. The van der Waals surface area contributed by atoms with Crippen LogP contribution in [0.5, 0.6) is 0 Å². The molecule has 2 saturated heterocycles. The van der Waals surface area contributed by atoms with E-state index in [2.05, 4.69) is 0 Å². The molecule has 1 aliphatic carbocycles. The number of methoxy groups -OCH3 is 1. The van der Waals surface area contributed by atoms with Crippen LogP contribution in [0.15, 0.2) is 0 Å². The topological polar surface area (TPSA) is 48.1 Å². The fourth-order valence-electron chi connectivity index (χ4n) is 3.22. The number of carbonyl (C=O) groups excluding carboxylic acids is 1. The van der Waals surface area contributed by atoms with E-state index >= 15 is 0 Å².